The largest absolute Gasteiger partial charge is 0.0842 e. The van der Waals surface area contributed by atoms with Crippen LogP contribution in [0.25, 0.3) is 78.4 Å². The average molecular weight is 1030 g/mol. The van der Waals surface area contributed by atoms with E-state index in [0.29, 0.717) is 11.8 Å². The quantitative estimate of drug-likeness (QED) is 0.126. The van der Waals surface area contributed by atoms with Crippen molar-refractivity contribution in [3.05, 3.63) is 296 Å². The molecule has 0 aliphatic heterocycles. The average Bonchev–Trinajstić information content (AvgIpc) is 3.56. The molecule has 0 bridgehead atoms. The second-order valence-corrected chi connectivity index (χ2v) is 23.6. The van der Waals surface area contributed by atoms with Crippen molar-refractivity contribution in [2.24, 2.45) is 17.8 Å². The number of rotatable bonds is 9. The molecule has 0 fully saturated rings. The first-order valence-electron chi connectivity index (χ1n) is 30.0. The third kappa shape index (κ3) is 8.95. The SMILES string of the molecule is C1=CCCC(c2c3c(c(C4=CC(C5C=C(c6cccc(C7C=C(C8C=CC=CC8)C=C(c8c9ccccc9c(C9=Cc%10ccccc%10CC9)c9ccccc89)C7)c6)C=CC5)=CC(C5=CCCC=C5)C4)c4ccccc24)=CCCC=3)=C1. The lowest BCUT2D eigenvalue weighted by molar-refractivity contribution is 0.723. The Bertz CT molecular complexity index is 4240. The van der Waals surface area contributed by atoms with E-state index in [1.807, 2.05) is 0 Å². The highest BCUT2D eigenvalue weighted by Gasteiger charge is 2.30. The Labute approximate surface area is 472 Å². The number of benzene rings is 7. The molecule has 388 valence electrons. The van der Waals surface area contributed by atoms with Gasteiger partial charge in [0.2, 0.25) is 0 Å². The van der Waals surface area contributed by atoms with Gasteiger partial charge in [0.05, 0.1) is 0 Å². The molecule has 7 aromatic rings. The van der Waals surface area contributed by atoms with Gasteiger partial charge in [0.15, 0.2) is 0 Å². The lowest BCUT2D eigenvalue weighted by Crippen LogP contribution is -2.34. The van der Waals surface area contributed by atoms with Crippen LogP contribution < -0.4 is 10.4 Å². The Balaban J connectivity index is 0.814. The van der Waals surface area contributed by atoms with E-state index in [2.05, 4.69) is 243 Å². The van der Waals surface area contributed by atoms with Gasteiger partial charge >= 0.3 is 0 Å². The first kappa shape index (κ1) is 48.8. The number of fused-ring (bicyclic) bond motifs is 5. The predicted octanol–water partition coefficient (Wildman–Crippen LogP) is 19.6. The van der Waals surface area contributed by atoms with Crippen molar-refractivity contribution in [1.82, 2.24) is 0 Å². The summed E-state index contributed by atoms with van der Waals surface area (Å²) in [5.74, 6) is 1.16. The minimum atomic E-state index is 0.221. The second-order valence-electron chi connectivity index (χ2n) is 23.6. The van der Waals surface area contributed by atoms with Crippen molar-refractivity contribution < 1.29 is 0 Å². The summed E-state index contributed by atoms with van der Waals surface area (Å²) in [5.41, 5.74) is 22.7. The smallest absolute Gasteiger partial charge is 0.00648 e. The minimum Gasteiger partial charge on any atom is -0.0842 e. The molecular weight excluding hydrogens is 961 g/mol. The monoisotopic (exact) mass is 1030 g/mol. The molecule has 0 N–H and O–H groups in total. The predicted molar refractivity (Wildman–Crippen MR) is 344 cm³/mol. The van der Waals surface area contributed by atoms with E-state index in [4.69, 9.17) is 0 Å². The molecule has 0 aromatic heterocycles. The number of hydrogen-bond acceptors (Lipinski definition) is 0. The van der Waals surface area contributed by atoms with Crippen LogP contribution in [0.15, 0.2) is 241 Å². The van der Waals surface area contributed by atoms with Gasteiger partial charge < -0.3 is 0 Å². The Kier molecular flexibility index (Phi) is 12.8. The standard InChI is InChI=1S/C80H68/c1-4-22-53(23-5-1)63-47-65(51-67(49-63)79-73-38-16-12-34-69(73)77(56-27-8-3-9-28-56)70-35-13-17-39-74(70)79)60-32-20-30-58(44-60)59-31-21-33-61(45-59)66-48-64(54-24-6-2-7-25-54)50-68(52-66)80-75-40-18-14-36-71(75)78(72-37-15-19-41-76(72)80)62-43-42-55-26-10-11-29-57(55)46-62/h2-4,6-8,10-12,14-16,18-24,26-27,29-31,33-41,44-48,50-51,54,60,63,66H,1,5,9,13,17,25,28,32,42-43,49,52H2. The summed E-state index contributed by atoms with van der Waals surface area (Å²) in [4.78, 5) is 0. The van der Waals surface area contributed by atoms with E-state index in [0.717, 1.165) is 77.0 Å². The summed E-state index contributed by atoms with van der Waals surface area (Å²) in [6, 6.07) is 46.5. The first-order chi connectivity index (χ1) is 39.7. The van der Waals surface area contributed by atoms with Crippen LogP contribution in [0.2, 0.25) is 0 Å². The molecule has 8 aliphatic carbocycles. The molecule has 0 amide bonds. The fourth-order valence-electron chi connectivity index (χ4n) is 15.0. The van der Waals surface area contributed by atoms with Crippen LogP contribution in [0.4, 0.5) is 0 Å². The Morgan fingerprint density at radius 3 is 1.71 bits per heavy atom. The number of allylic oxidation sites excluding steroid dienone is 25. The van der Waals surface area contributed by atoms with Gasteiger partial charge in [-0.3, -0.25) is 0 Å². The highest BCUT2D eigenvalue weighted by Crippen LogP contribution is 2.48. The zero-order valence-electron chi connectivity index (χ0n) is 45.9. The normalized spacial score (nSPS) is 22.2. The van der Waals surface area contributed by atoms with E-state index in [-0.39, 0.29) is 11.8 Å². The molecule has 0 spiro atoms. The molecule has 4 atom stereocenters. The highest BCUT2D eigenvalue weighted by atomic mass is 14.3. The zero-order chi connectivity index (χ0) is 52.9. The molecule has 0 heteroatoms. The molecule has 0 radical (unpaired) electrons. The van der Waals surface area contributed by atoms with Gasteiger partial charge in [-0.25, -0.2) is 0 Å². The van der Waals surface area contributed by atoms with Crippen molar-refractivity contribution in [3.63, 3.8) is 0 Å². The van der Waals surface area contributed by atoms with Crippen molar-refractivity contribution in [3.8, 4) is 0 Å². The van der Waals surface area contributed by atoms with Gasteiger partial charge in [-0.15, -0.1) is 0 Å². The highest BCUT2D eigenvalue weighted by molar-refractivity contribution is 6.17. The summed E-state index contributed by atoms with van der Waals surface area (Å²) in [6.07, 6.45) is 61.8. The van der Waals surface area contributed by atoms with Crippen LogP contribution in [-0.2, 0) is 6.42 Å². The van der Waals surface area contributed by atoms with Crippen LogP contribution in [0, 0.1) is 17.8 Å². The van der Waals surface area contributed by atoms with Crippen LogP contribution in [-0.4, -0.2) is 0 Å². The van der Waals surface area contributed by atoms with Crippen LogP contribution >= 0.6 is 0 Å². The topological polar surface area (TPSA) is 0 Å². The summed E-state index contributed by atoms with van der Waals surface area (Å²) in [6.45, 7) is 0. The van der Waals surface area contributed by atoms with Gasteiger partial charge in [0.25, 0.3) is 0 Å². The van der Waals surface area contributed by atoms with Crippen LogP contribution in [0.1, 0.15) is 121 Å². The summed E-state index contributed by atoms with van der Waals surface area (Å²) in [5, 5.41) is 11.1. The molecule has 0 saturated carbocycles. The molecule has 4 unspecified atom stereocenters. The van der Waals surface area contributed by atoms with E-state index in [1.165, 1.54) is 132 Å². The van der Waals surface area contributed by atoms with Crippen molar-refractivity contribution in [1.29, 1.82) is 0 Å². The van der Waals surface area contributed by atoms with E-state index in [9.17, 15) is 0 Å². The van der Waals surface area contributed by atoms with E-state index < -0.39 is 0 Å². The third-order valence-corrected chi connectivity index (χ3v) is 18.8. The van der Waals surface area contributed by atoms with Gasteiger partial charge in [-0.1, -0.05) is 243 Å². The van der Waals surface area contributed by atoms with Gasteiger partial charge in [0.1, 0.15) is 0 Å². The van der Waals surface area contributed by atoms with Crippen molar-refractivity contribution in [2.75, 3.05) is 0 Å². The number of aryl methyl sites for hydroxylation is 1. The minimum absolute atomic E-state index is 0.221. The Morgan fingerprint density at radius 2 is 1.01 bits per heavy atom. The maximum absolute atomic E-state index is 2.65. The third-order valence-electron chi connectivity index (χ3n) is 18.8. The Hall–Kier alpha value is -8.32. The molecule has 0 nitrogen and oxygen atoms in total. The lowest BCUT2D eigenvalue weighted by atomic mass is 9.74. The zero-order valence-corrected chi connectivity index (χ0v) is 45.9. The van der Waals surface area contributed by atoms with Gasteiger partial charge in [-0.05, 0) is 209 Å². The van der Waals surface area contributed by atoms with E-state index >= 15 is 0 Å². The maximum atomic E-state index is 2.65. The van der Waals surface area contributed by atoms with Crippen LogP contribution in [0.5, 0.6) is 0 Å². The number of hydrogen-bond donors (Lipinski definition) is 0. The molecular formula is C80H68. The molecule has 80 heavy (non-hydrogen) atoms. The molecule has 0 saturated heterocycles. The van der Waals surface area contributed by atoms with Crippen molar-refractivity contribution in [2.45, 2.75) is 83.0 Å². The fraction of sp³-hybridized carbons (Fsp3) is 0.200. The first-order valence-corrected chi connectivity index (χ1v) is 30.0. The van der Waals surface area contributed by atoms with Gasteiger partial charge in [-0.2, -0.15) is 0 Å². The van der Waals surface area contributed by atoms with Crippen LogP contribution in [0.3, 0.4) is 0 Å². The fourth-order valence-corrected chi connectivity index (χ4v) is 15.0. The van der Waals surface area contributed by atoms with E-state index in [1.54, 1.807) is 0 Å². The molecule has 0 heterocycles. The summed E-state index contributed by atoms with van der Waals surface area (Å²) < 4.78 is 0. The van der Waals surface area contributed by atoms with Gasteiger partial charge in [0, 0.05) is 23.7 Å². The lowest BCUT2D eigenvalue weighted by Gasteiger charge is -2.30. The van der Waals surface area contributed by atoms with Crippen molar-refractivity contribution >= 4 is 78.4 Å². The molecule has 15 rings (SSSR count). The summed E-state index contributed by atoms with van der Waals surface area (Å²) >= 11 is 0. The maximum Gasteiger partial charge on any atom is 0.00648 e. The molecule has 8 aliphatic rings. The Morgan fingerprint density at radius 1 is 0.375 bits per heavy atom. The molecule has 7 aromatic carbocycles. The summed E-state index contributed by atoms with van der Waals surface area (Å²) in [7, 11) is 0. The second kappa shape index (κ2) is 21.1.